The quantitative estimate of drug-likeness (QED) is 0.0195. The van der Waals surface area contributed by atoms with Gasteiger partial charge in [0.2, 0.25) is 41.4 Å². The molecule has 8 rings (SSSR count). The van der Waals surface area contributed by atoms with Gasteiger partial charge in [-0.1, -0.05) is 97.1 Å². The number of aliphatic carboxylic acids is 1. The molecule has 8 atom stereocenters. The minimum Gasteiger partial charge on any atom is -0.480 e. The zero-order valence-corrected chi connectivity index (χ0v) is 74.1. The van der Waals surface area contributed by atoms with Gasteiger partial charge in [-0.05, 0) is 148 Å². The molecule has 0 spiro atoms. The second kappa shape index (κ2) is 44.5. The van der Waals surface area contributed by atoms with Crippen LogP contribution in [0.5, 0.6) is 46.0 Å². The maximum Gasteiger partial charge on any atom is 0.446 e. The lowest BCUT2D eigenvalue weighted by atomic mass is 9.99. The summed E-state index contributed by atoms with van der Waals surface area (Å²) in [5.74, 6) is -16.4. The lowest BCUT2D eigenvalue weighted by molar-refractivity contribution is -0.142. The summed E-state index contributed by atoms with van der Waals surface area (Å²) in [5, 5.41) is 26.8. The Morgan fingerprint density at radius 2 is 0.308 bits per heavy atom. The summed E-state index contributed by atoms with van der Waals surface area (Å²) in [6, 6.07) is 14.6. The Labute approximate surface area is 755 Å². The van der Waals surface area contributed by atoms with Gasteiger partial charge in [-0.15, -0.1) is 0 Å². The normalized spacial score (nSPS) is 14.0. The van der Waals surface area contributed by atoms with Crippen molar-refractivity contribution < 1.29 is 194 Å². The average Bonchev–Trinajstić information content (AvgIpc) is 0.830. The van der Waals surface area contributed by atoms with Crippen molar-refractivity contribution in [3.63, 3.8) is 0 Å². The SMILES string of the molecule is O=C(O)[C@H](Cc1ccc(OS(=O)(=O)O)cc1)NC(=O)[C@H](Cc1ccc(OS(=O)(=O)O)cc1)NC(=O)[C@H](Cc1ccc(OS(=O)(=O)O)cc1)NC(=O)[C@H](Cc1ccc(OS(=O)(=O)O)cc1)NC(=O)[C@H](Cc1ccc(OS(=O)(=O)O)cc1)NC(=O)[C@H](Cc1ccc(OS(=O)(=O)O)cc1)NC(=O)[C@H](Cc1ccc(OS(=O)(=O)O)cc1)NC(=O)[C@H](Cc1ccc(OS(=O)(=O)O)cc1)NS(=O)(=O)O. The lowest BCUT2D eigenvalue weighted by Gasteiger charge is -2.28. The highest BCUT2D eigenvalue weighted by Gasteiger charge is 2.38. The molecule has 0 aliphatic carbocycles. The topological polar surface area (TPSA) is 816 Å². The highest BCUT2D eigenvalue weighted by Crippen LogP contribution is 2.25. The predicted molar refractivity (Wildman–Crippen MR) is 448 cm³/mol. The standard InChI is InChI=1S/C72H74N8O44S9/c81-65(73-58(34-42-3-19-50(20-4-42)118-127(96,97)98)66(82)75-60(36-44-7-23-52(24-8-44)120-129(102,103)104)68(84)77-62(38-46-11-27-54(28-12-46)122-131(108,109)110)70(86)79-64(72(88)89)40-48-15-31-56(32-16-48)124-133(114,115)116)57(33-41-1-17-49(18-2-41)117-126(93,94)95)74-67(83)59(35-43-5-21-51(22-6-43)119-128(99,100)101)76-69(85)61(37-45-9-25-53(26-10-45)121-130(105,106)107)78-71(87)63(80-125(90,91)92)39-47-13-29-55(30-14-47)123-132(111,112)113/h1-32,57-64,80H,33-40H2,(H,73,81)(H,74,83)(H,75,82)(H,76,85)(H,77,84)(H,78,87)(H,79,86)(H,88,89)(H,90,91,92)(H,93,94,95)(H,96,97,98)(H,99,100,101)(H,102,103,104)(H,105,106,107)(H,108,109,110)(H,111,112,113)(H,114,115,116)/t57-,58-,59-,60-,61-,62-,63-,64-/m0/s1. The van der Waals surface area contributed by atoms with Gasteiger partial charge in [-0.2, -0.15) is 80.5 Å². The van der Waals surface area contributed by atoms with Crippen molar-refractivity contribution in [3.8, 4) is 46.0 Å². The van der Waals surface area contributed by atoms with Gasteiger partial charge in [0.05, 0.1) is 0 Å². The van der Waals surface area contributed by atoms with Gasteiger partial charge in [-0.25, -0.2) is 4.79 Å². The van der Waals surface area contributed by atoms with Gasteiger partial charge in [0.25, 0.3) is 0 Å². The molecule has 8 aromatic carbocycles. The van der Waals surface area contributed by atoms with E-state index in [1.807, 2.05) is 0 Å². The molecule has 0 fully saturated rings. The Morgan fingerprint density at radius 1 is 0.195 bits per heavy atom. The molecule has 18 N–H and O–H groups in total. The molecular weight excluding hydrogens is 1970 g/mol. The fraction of sp³-hybridized carbons (Fsp3) is 0.222. The monoisotopic (exact) mass is 2040 g/mol. The van der Waals surface area contributed by atoms with Crippen LogP contribution < -0.4 is 75.4 Å². The Bertz CT molecular complexity index is 6680. The summed E-state index contributed by atoms with van der Waals surface area (Å²) in [6.45, 7) is 0. The van der Waals surface area contributed by atoms with Crippen molar-refractivity contribution in [2.75, 3.05) is 0 Å². The molecule has 720 valence electrons. The largest absolute Gasteiger partial charge is 0.480 e. The van der Waals surface area contributed by atoms with Crippen LogP contribution in [0.1, 0.15) is 44.5 Å². The van der Waals surface area contributed by atoms with Gasteiger partial charge in [0.1, 0.15) is 94.3 Å². The van der Waals surface area contributed by atoms with E-state index in [4.69, 9.17) is 0 Å². The van der Waals surface area contributed by atoms with Crippen molar-refractivity contribution in [3.05, 3.63) is 239 Å². The van der Waals surface area contributed by atoms with E-state index >= 15 is 24.0 Å². The molecule has 0 heterocycles. The van der Waals surface area contributed by atoms with E-state index in [1.54, 1.807) is 4.72 Å². The maximum atomic E-state index is 15.7. The number of benzene rings is 8. The van der Waals surface area contributed by atoms with Crippen LogP contribution in [0.25, 0.3) is 0 Å². The summed E-state index contributed by atoms with van der Waals surface area (Å²) < 4.78 is 334. The highest BCUT2D eigenvalue weighted by atomic mass is 32.3. The summed E-state index contributed by atoms with van der Waals surface area (Å²) in [5.41, 5.74) is -0.554. The third kappa shape index (κ3) is 39.2. The van der Waals surface area contributed by atoms with E-state index in [9.17, 15) is 136 Å². The van der Waals surface area contributed by atoms with Crippen molar-refractivity contribution in [1.82, 2.24) is 41.9 Å². The molecule has 61 heteroatoms. The number of nitrogens with one attached hydrogen (secondary N) is 8. The van der Waals surface area contributed by atoms with Crippen LogP contribution in [0.4, 0.5) is 0 Å². The Morgan fingerprint density at radius 3 is 0.429 bits per heavy atom. The smallest absolute Gasteiger partial charge is 0.446 e. The van der Waals surface area contributed by atoms with Crippen molar-refractivity contribution in [2.45, 2.75) is 99.7 Å². The molecule has 0 unspecified atom stereocenters. The van der Waals surface area contributed by atoms with E-state index in [-0.39, 0.29) is 44.5 Å². The number of hydrogen-bond donors (Lipinski definition) is 18. The van der Waals surface area contributed by atoms with Gasteiger partial charge in [0.15, 0.2) is 0 Å². The number of carbonyl (C=O) groups is 8. The van der Waals surface area contributed by atoms with Gasteiger partial charge >= 0.3 is 99.5 Å². The lowest BCUT2D eigenvalue weighted by Crippen LogP contribution is -2.61. The first-order valence-corrected chi connectivity index (χ1v) is 49.1. The Kier molecular flexibility index (Phi) is 35.3. The summed E-state index contributed by atoms with van der Waals surface area (Å²) >= 11 is 0. The van der Waals surface area contributed by atoms with Crippen molar-refractivity contribution in [2.24, 2.45) is 0 Å². The zero-order chi connectivity index (χ0) is 98.6. The number of carboxylic acid groups (broad SMARTS) is 1. The highest BCUT2D eigenvalue weighted by molar-refractivity contribution is 7.84. The van der Waals surface area contributed by atoms with Crippen LogP contribution in [-0.4, -0.2) is 217 Å². The second-order valence-corrected chi connectivity index (χ2v) is 37.1. The number of carboxylic acids is 1. The number of rotatable bonds is 49. The molecule has 0 aliphatic rings. The molecule has 0 saturated carbocycles. The molecule has 7 amide bonds. The zero-order valence-electron chi connectivity index (χ0n) is 66.8. The second-order valence-electron chi connectivity index (χ2n) is 27.8. The van der Waals surface area contributed by atoms with E-state index in [1.165, 1.54) is 0 Å². The molecule has 8 aromatic rings. The number of hydrogen-bond acceptors (Lipinski definition) is 34. The van der Waals surface area contributed by atoms with Crippen LogP contribution in [0.2, 0.25) is 0 Å². The molecule has 0 aliphatic heterocycles. The van der Waals surface area contributed by atoms with Gasteiger partial charge in [0, 0.05) is 44.9 Å². The average molecular weight is 2040 g/mol. The number of amides is 7. The van der Waals surface area contributed by atoms with E-state index < -0.39 is 287 Å². The van der Waals surface area contributed by atoms with E-state index in [0.29, 0.717) is 0 Å². The maximum absolute atomic E-state index is 15.7. The summed E-state index contributed by atoms with van der Waals surface area (Å²) in [7, 11) is -47.0. The first-order valence-electron chi connectivity index (χ1n) is 36.7. The Balaban J connectivity index is 1.24. The fourth-order valence-corrected chi connectivity index (χ4v) is 15.4. The van der Waals surface area contributed by atoms with Crippen LogP contribution in [-0.2, 0) is 183 Å². The molecule has 0 bridgehead atoms. The fourth-order valence-electron chi connectivity index (χ4n) is 12.0. The molecule has 0 saturated heterocycles. The van der Waals surface area contributed by atoms with Crippen molar-refractivity contribution >= 4 is 141 Å². The third-order valence-corrected chi connectivity index (χ3v) is 21.3. The van der Waals surface area contributed by atoms with Crippen LogP contribution in [0.15, 0.2) is 194 Å². The first-order chi connectivity index (χ1) is 61.5. The molecule has 133 heavy (non-hydrogen) atoms. The van der Waals surface area contributed by atoms with Crippen LogP contribution in [0, 0.1) is 0 Å². The molecule has 0 radical (unpaired) electrons. The van der Waals surface area contributed by atoms with Gasteiger partial charge < -0.3 is 75.8 Å². The molecular formula is C72H74N8O44S9. The van der Waals surface area contributed by atoms with E-state index in [0.717, 1.165) is 194 Å². The number of carbonyl (C=O) groups excluding carboxylic acids is 7. The Hall–Kier alpha value is -12.9. The summed E-state index contributed by atoms with van der Waals surface area (Å²) in [4.78, 5) is 120. The van der Waals surface area contributed by atoms with Crippen molar-refractivity contribution in [1.29, 1.82) is 0 Å². The van der Waals surface area contributed by atoms with Crippen LogP contribution >= 0.6 is 0 Å². The van der Waals surface area contributed by atoms with E-state index in [2.05, 4.69) is 70.7 Å². The predicted octanol–water partition coefficient (Wildman–Crippen LogP) is -1.38. The minimum atomic E-state index is -5.45. The van der Waals surface area contributed by atoms with Crippen LogP contribution in [0.3, 0.4) is 0 Å². The first kappa shape index (κ1) is 105. The minimum absolute atomic E-state index is 0.0255. The summed E-state index contributed by atoms with van der Waals surface area (Å²) in [6.07, 6.45) is -6.33. The molecule has 0 aromatic heterocycles. The third-order valence-electron chi connectivity index (χ3n) is 17.5. The molecule has 52 nitrogen and oxygen atoms in total. The van der Waals surface area contributed by atoms with Gasteiger partial charge in [-0.3, -0.25) is 74.5 Å².